The molecular weight excluding hydrogens is 309 g/mol. The van der Waals surface area contributed by atoms with Crippen LogP contribution in [0, 0.1) is 17.1 Å². The van der Waals surface area contributed by atoms with Gasteiger partial charge in [-0.2, -0.15) is 5.26 Å². The van der Waals surface area contributed by atoms with E-state index in [0.29, 0.717) is 15.4 Å². The number of hydrogen-bond acceptors (Lipinski definition) is 2. The molecule has 0 bridgehead atoms. The SMILES string of the molecule is N#Cc1oc2c(F)cc(Br)cc2c1-c1ccccc1. The van der Waals surface area contributed by atoms with Crippen LogP contribution in [0.4, 0.5) is 4.39 Å². The minimum Gasteiger partial charge on any atom is -0.442 e. The van der Waals surface area contributed by atoms with Crippen molar-refractivity contribution in [3.63, 3.8) is 0 Å². The highest BCUT2D eigenvalue weighted by atomic mass is 79.9. The summed E-state index contributed by atoms with van der Waals surface area (Å²) in [7, 11) is 0. The first-order valence-corrected chi connectivity index (χ1v) is 6.37. The van der Waals surface area contributed by atoms with Crippen molar-refractivity contribution in [1.29, 1.82) is 5.26 Å². The Balaban J connectivity index is 2.44. The molecule has 2 aromatic carbocycles. The Morgan fingerprint density at radius 3 is 2.58 bits per heavy atom. The molecule has 19 heavy (non-hydrogen) atoms. The number of fused-ring (bicyclic) bond motifs is 1. The first-order valence-electron chi connectivity index (χ1n) is 5.58. The van der Waals surface area contributed by atoms with Crippen LogP contribution in [0.5, 0.6) is 0 Å². The van der Waals surface area contributed by atoms with Crippen molar-refractivity contribution in [2.45, 2.75) is 0 Å². The first kappa shape index (κ1) is 11.9. The lowest BCUT2D eigenvalue weighted by molar-refractivity contribution is 0.551. The van der Waals surface area contributed by atoms with Crippen LogP contribution in [0.15, 0.2) is 51.4 Å². The third kappa shape index (κ3) is 1.92. The molecule has 4 heteroatoms. The average molecular weight is 316 g/mol. The average Bonchev–Trinajstić information content (AvgIpc) is 2.78. The van der Waals surface area contributed by atoms with E-state index in [9.17, 15) is 4.39 Å². The van der Waals surface area contributed by atoms with E-state index in [1.807, 2.05) is 36.4 Å². The summed E-state index contributed by atoms with van der Waals surface area (Å²) in [5.74, 6) is -0.360. The number of halogens is 2. The second-order valence-corrected chi connectivity index (χ2v) is 4.96. The highest BCUT2D eigenvalue weighted by Crippen LogP contribution is 2.37. The van der Waals surface area contributed by atoms with E-state index in [-0.39, 0.29) is 11.3 Å². The molecular formula is C15H7BrFNO. The van der Waals surface area contributed by atoms with Crippen LogP contribution in [0.1, 0.15) is 5.76 Å². The maximum absolute atomic E-state index is 13.9. The minimum absolute atomic E-state index is 0.110. The zero-order valence-electron chi connectivity index (χ0n) is 9.65. The summed E-state index contributed by atoms with van der Waals surface area (Å²) < 4.78 is 19.8. The Kier molecular flexibility index (Phi) is 2.84. The van der Waals surface area contributed by atoms with Gasteiger partial charge in [0.25, 0.3) is 0 Å². The summed E-state index contributed by atoms with van der Waals surface area (Å²) in [4.78, 5) is 0. The van der Waals surface area contributed by atoms with E-state index in [4.69, 9.17) is 9.68 Å². The van der Waals surface area contributed by atoms with E-state index in [1.54, 1.807) is 6.07 Å². The molecule has 0 radical (unpaired) electrons. The normalized spacial score (nSPS) is 10.6. The molecule has 0 aliphatic heterocycles. The van der Waals surface area contributed by atoms with Crippen molar-refractivity contribution in [3.8, 4) is 17.2 Å². The number of benzene rings is 2. The monoisotopic (exact) mass is 315 g/mol. The van der Waals surface area contributed by atoms with Gasteiger partial charge in [-0.05, 0) is 17.7 Å². The minimum atomic E-state index is -0.483. The maximum Gasteiger partial charge on any atom is 0.212 e. The summed E-state index contributed by atoms with van der Waals surface area (Å²) in [6.45, 7) is 0. The topological polar surface area (TPSA) is 36.9 Å². The number of furan rings is 1. The van der Waals surface area contributed by atoms with Crippen molar-refractivity contribution in [1.82, 2.24) is 0 Å². The molecule has 0 saturated carbocycles. The van der Waals surface area contributed by atoms with Gasteiger partial charge in [-0.1, -0.05) is 46.3 Å². The fraction of sp³-hybridized carbons (Fsp3) is 0. The van der Waals surface area contributed by atoms with Crippen molar-refractivity contribution in [2.75, 3.05) is 0 Å². The van der Waals surface area contributed by atoms with Crippen molar-refractivity contribution < 1.29 is 8.81 Å². The van der Waals surface area contributed by atoms with Gasteiger partial charge in [-0.25, -0.2) is 4.39 Å². The van der Waals surface area contributed by atoms with Crippen LogP contribution >= 0.6 is 15.9 Å². The standard InChI is InChI=1S/C15H7BrFNO/c16-10-6-11-14(9-4-2-1-3-5-9)13(8-18)19-15(11)12(17)7-10/h1-7H. The van der Waals surface area contributed by atoms with Gasteiger partial charge in [-0.3, -0.25) is 0 Å². The lowest BCUT2D eigenvalue weighted by atomic mass is 10.0. The first-order chi connectivity index (χ1) is 9.20. The molecule has 0 saturated heterocycles. The van der Waals surface area contributed by atoms with E-state index in [1.165, 1.54) is 6.07 Å². The van der Waals surface area contributed by atoms with Crippen molar-refractivity contribution in [3.05, 3.63) is 58.5 Å². The molecule has 0 atom stereocenters. The zero-order valence-corrected chi connectivity index (χ0v) is 11.2. The molecule has 3 aromatic rings. The highest BCUT2D eigenvalue weighted by Gasteiger charge is 2.18. The molecule has 0 aliphatic carbocycles. The van der Waals surface area contributed by atoms with Crippen molar-refractivity contribution in [2.24, 2.45) is 0 Å². The van der Waals surface area contributed by atoms with Gasteiger partial charge in [-0.15, -0.1) is 0 Å². The van der Waals surface area contributed by atoms with Gasteiger partial charge in [0.1, 0.15) is 6.07 Å². The summed E-state index contributed by atoms with van der Waals surface area (Å²) in [5, 5.41) is 9.76. The second kappa shape index (κ2) is 4.52. The van der Waals surface area contributed by atoms with Crippen LogP contribution in [0.2, 0.25) is 0 Å². The number of rotatable bonds is 1. The molecule has 0 N–H and O–H groups in total. The molecule has 0 aliphatic rings. The van der Waals surface area contributed by atoms with Crippen molar-refractivity contribution >= 4 is 26.9 Å². The summed E-state index contributed by atoms with van der Waals surface area (Å²) >= 11 is 3.26. The van der Waals surface area contributed by atoms with E-state index >= 15 is 0 Å². The Hall–Kier alpha value is -2.12. The van der Waals surface area contributed by atoms with Crippen LogP contribution in [-0.4, -0.2) is 0 Å². The molecule has 92 valence electrons. The Labute approximate surface area is 117 Å². The van der Waals surface area contributed by atoms with Gasteiger partial charge in [0.05, 0.1) is 0 Å². The summed E-state index contributed by atoms with van der Waals surface area (Å²) in [6, 6.07) is 14.4. The number of nitriles is 1. The lowest BCUT2D eigenvalue weighted by Crippen LogP contribution is -1.80. The summed E-state index contributed by atoms with van der Waals surface area (Å²) in [5.41, 5.74) is 1.56. The van der Waals surface area contributed by atoms with Crippen LogP contribution in [-0.2, 0) is 0 Å². The maximum atomic E-state index is 13.9. The number of nitrogens with zero attached hydrogens (tertiary/aromatic N) is 1. The zero-order chi connectivity index (χ0) is 13.4. The molecule has 0 unspecified atom stereocenters. The molecule has 1 aromatic heterocycles. The van der Waals surface area contributed by atoms with E-state index < -0.39 is 5.82 Å². The highest BCUT2D eigenvalue weighted by molar-refractivity contribution is 9.10. The molecule has 2 nitrogen and oxygen atoms in total. The molecule has 1 heterocycles. The van der Waals surface area contributed by atoms with Crippen LogP contribution < -0.4 is 0 Å². The quantitative estimate of drug-likeness (QED) is 0.642. The van der Waals surface area contributed by atoms with Gasteiger partial charge in [0, 0.05) is 15.4 Å². The Morgan fingerprint density at radius 1 is 1.16 bits per heavy atom. The molecule has 0 spiro atoms. The van der Waals surface area contributed by atoms with Gasteiger partial charge in [0.2, 0.25) is 5.76 Å². The third-order valence-corrected chi connectivity index (χ3v) is 3.33. The largest absolute Gasteiger partial charge is 0.442 e. The van der Waals surface area contributed by atoms with Gasteiger partial charge >= 0.3 is 0 Å². The predicted octanol–water partition coefficient (Wildman–Crippen LogP) is 4.87. The predicted molar refractivity (Wildman–Crippen MR) is 74.0 cm³/mol. The van der Waals surface area contributed by atoms with Crippen LogP contribution in [0.25, 0.3) is 22.1 Å². The Morgan fingerprint density at radius 2 is 1.89 bits per heavy atom. The van der Waals surface area contributed by atoms with Gasteiger partial charge in [0.15, 0.2) is 11.4 Å². The van der Waals surface area contributed by atoms with E-state index in [2.05, 4.69) is 15.9 Å². The third-order valence-electron chi connectivity index (χ3n) is 2.87. The van der Waals surface area contributed by atoms with Gasteiger partial charge < -0.3 is 4.42 Å². The molecule has 0 fully saturated rings. The Bertz CT molecular complexity index is 802. The smallest absolute Gasteiger partial charge is 0.212 e. The van der Waals surface area contributed by atoms with Crippen LogP contribution in [0.3, 0.4) is 0 Å². The summed E-state index contributed by atoms with van der Waals surface area (Å²) in [6.07, 6.45) is 0. The number of hydrogen-bond donors (Lipinski definition) is 0. The second-order valence-electron chi connectivity index (χ2n) is 4.05. The fourth-order valence-electron chi connectivity index (χ4n) is 2.10. The molecule has 0 amide bonds. The lowest BCUT2D eigenvalue weighted by Gasteiger charge is -1.99. The fourth-order valence-corrected chi connectivity index (χ4v) is 2.53. The molecule has 3 rings (SSSR count). The van der Waals surface area contributed by atoms with E-state index in [0.717, 1.165) is 5.56 Å².